The molecule has 6 nitrogen and oxygen atoms in total. The predicted molar refractivity (Wildman–Crippen MR) is 90.9 cm³/mol. The quantitative estimate of drug-likeness (QED) is 0.743. The van der Waals surface area contributed by atoms with E-state index in [2.05, 4.69) is 9.97 Å². The number of halogens is 4. The largest absolute Gasteiger partial charge is 0.416 e. The molecule has 0 spiro atoms. The lowest BCUT2D eigenvalue weighted by molar-refractivity contribution is -0.138. The van der Waals surface area contributed by atoms with Gasteiger partial charge in [-0.25, -0.2) is 9.18 Å². The van der Waals surface area contributed by atoms with Crippen LogP contribution in [0.25, 0.3) is 0 Å². The SMILES string of the molecule is CC1CN(Cc2cnccc2C(F)(F)F)CCN1C(=O)Oc1cncc(F)c1. The highest BCUT2D eigenvalue weighted by Crippen LogP contribution is 2.32. The van der Waals surface area contributed by atoms with Crippen molar-refractivity contribution in [3.63, 3.8) is 0 Å². The molecule has 0 N–H and O–H groups in total. The topological polar surface area (TPSA) is 58.6 Å². The summed E-state index contributed by atoms with van der Waals surface area (Å²) >= 11 is 0. The van der Waals surface area contributed by atoms with E-state index < -0.39 is 23.7 Å². The predicted octanol–water partition coefficient (Wildman–Crippen LogP) is 3.34. The van der Waals surface area contributed by atoms with Crippen LogP contribution in [0, 0.1) is 5.82 Å². The molecule has 1 saturated heterocycles. The van der Waals surface area contributed by atoms with Crippen LogP contribution in [0.15, 0.2) is 36.9 Å². The maximum absolute atomic E-state index is 13.2. The second-order valence-corrected chi connectivity index (χ2v) is 6.51. The summed E-state index contributed by atoms with van der Waals surface area (Å²) in [5.41, 5.74) is -0.625. The molecule has 1 fully saturated rings. The molecule has 1 unspecified atom stereocenters. The molecule has 1 atom stereocenters. The van der Waals surface area contributed by atoms with Gasteiger partial charge in [0.15, 0.2) is 5.75 Å². The Bertz CT molecular complexity index is 846. The Morgan fingerprint density at radius 3 is 2.71 bits per heavy atom. The van der Waals surface area contributed by atoms with Crippen LogP contribution >= 0.6 is 0 Å². The van der Waals surface area contributed by atoms with Gasteiger partial charge in [0, 0.05) is 50.7 Å². The monoisotopic (exact) mass is 398 g/mol. The minimum Gasteiger partial charge on any atom is -0.408 e. The molecular weight excluding hydrogens is 380 g/mol. The van der Waals surface area contributed by atoms with Gasteiger partial charge in [0.1, 0.15) is 5.82 Å². The van der Waals surface area contributed by atoms with Crippen LogP contribution in [0.4, 0.5) is 22.4 Å². The van der Waals surface area contributed by atoms with Crippen molar-refractivity contribution in [2.75, 3.05) is 19.6 Å². The summed E-state index contributed by atoms with van der Waals surface area (Å²) in [6, 6.07) is 1.71. The molecule has 1 aliphatic rings. The Morgan fingerprint density at radius 2 is 2.04 bits per heavy atom. The summed E-state index contributed by atoms with van der Waals surface area (Å²) in [6.07, 6.45) is -0.559. The minimum atomic E-state index is -4.45. The molecule has 0 saturated carbocycles. The first kappa shape index (κ1) is 20.0. The van der Waals surface area contributed by atoms with E-state index >= 15 is 0 Å². The normalized spacial score (nSPS) is 18.2. The summed E-state index contributed by atoms with van der Waals surface area (Å²) in [7, 11) is 0. The molecule has 150 valence electrons. The molecule has 0 aromatic carbocycles. The fraction of sp³-hybridized carbons (Fsp3) is 0.389. The van der Waals surface area contributed by atoms with Gasteiger partial charge in [-0.3, -0.25) is 14.9 Å². The van der Waals surface area contributed by atoms with Gasteiger partial charge in [0.2, 0.25) is 0 Å². The van der Waals surface area contributed by atoms with Crippen LogP contribution in [-0.2, 0) is 12.7 Å². The molecule has 2 aromatic rings. The minimum absolute atomic E-state index is 0.00944. The number of piperazine rings is 1. The molecule has 1 aliphatic heterocycles. The van der Waals surface area contributed by atoms with Crippen LogP contribution in [0.5, 0.6) is 5.75 Å². The summed E-state index contributed by atoms with van der Waals surface area (Å²) < 4.78 is 57.7. The Balaban J connectivity index is 1.62. The van der Waals surface area contributed by atoms with E-state index in [1.165, 1.54) is 17.3 Å². The van der Waals surface area contributed by atoms with Crippen molar-refractivity contribution >= 4 is 6.09 Å². The Morgan fingerprint density at radius 1 is 1.25 bits per heavy atom. The Hall–Kier alpha value is -2.75. The molecule has 0 aliphatic carbocycles. The average molecular weight is 398 g/mol. The van der Waals surface area contributed by atoms with Gasteiger partial charge in [-0.05, 0) is 18.6 Å². The van der Waals surface area contributed by atoms with Gasteiger partial charge in [0.05, 0.1) is 18.0 Å². The van der Waals surface area contributed by atoms with Crippen LogP contribution in [0.2, 0.25) is 0 Å². The number of alkyl halides is 3. The lowest BCUT2D eigenvalue weighted by Gasteiger charge is -2.39. The molecule has 1 amide bonds. The Kier molecular flexibility index (Phi) is 5.78. The molecule has 3 rings (SSSR count). The first-order valence-electron chi connectivity index (χ1n) is 8.55. The van der Waals surface area contributed by atoms with Gasteiger partial charge in [-0.1, -0.05) is 0 Å². The van der Waals surface area contributed by atoms with E-state index in [-0.39, 0.29) is 30.4 Å². The van der Waals surface area contributed by atoms with E-state index in [0.717, 1.165) is 24.5 Å². The second kappa shape index (κ2) is 8.09. The number of carbonyl (C=O) groups excluding carboxylic acids is 1. The third-order valence-corrected chi connectivity index (χ3v) is 4.43. The van der Waals surface area contributed by atoms with E-state index in [9.17, 15) is 22.4 Å². The van der Waals surface area contributed by atoms with Crippen LogP contribution in [-0.4, -0.2) is 51.5 Å². The third-order valence-electron chi connectivity index (χ3n) is 4.43. The summed E-state index contributed by atoms with van der Waals surface area (Å²) in [4.78, 5) is 23.0. The second-order valence-electron chi connectivity index (χ2n) is 6.51. The van der Waals surface area contributed by atoms with Crippen molar-refractivity contribution in [1.82, 2.24) is 19.8 Å². The van der Waals surface area contributed by atoms with Gasteiger partial charge >= 0.3 is 12.3 Å². The summed E-state index contributed by atoms with van der Waals surface area (Å²) in [5.74, 6) is -0.634. The van der Waals surface area contributed by atoms with Crippen LogP contribution < -0.4 is 4.74 Å². The number of aromatic nitrogens is 2. The summed E-state index contributed by atoms with van der Waals surface area (Å²) in [5, 5.41) is 0. The zero-order valence-corrected chi connectivity index (χ0v) is 15.0. The molecule has 28 heavy (non-hydrogen) atoms. The number of ether oxygens (including phenoxy) is 1. The highest BCUT2D eigenvalue weighted by atomic mass is 19.4. The molecule has 0 bridgehead atoms. The van der Waals surface area contributed by atoms with E-state index in [0.29, 0.717) is 13.1 Å². The van der Waals surface area contributed by atoms with Crippen molar-refractivity contribution < 1.29 is 27.1 Å². The summed E-state index contributed by atoms with van der Waals surface area (Å²) in [6.45, 7) is 2.84. The van der Waals surface area contributed by atoms with Crippen molar-refractivity contribution in [2.45, 2.75) is 25.7 Å². The molecule has 10 heteroatoms. The fourth-order valence-corrected chi connectivity index (χ4v) is 3.13. The van der Waals surface area contributed by atoms with Crippen molar-refractivity contribution in [2.24, 2.45) is 0 Å². The molecular formula is C18H18F4N4O2. The zero-order valence-electron chi connectivity index (χ0n) is 15.0. The standard InChI is InChI=1S/C18H18F4N4O2/c1-12-10-25(11-13-7-23-3-2-16(13)18(20,21)22)4-5-26(12)17(27)28-15-6-14(19)8-24-9-15/h2-3,6-9,12H,4-5,10-11H2,1H3. The lowest BCUT2D eigenvalue weighted by atomic mass is 10.1. The number of rotatable bonds is 3. The number of carbonyl (C=O) groups is 1. The molecule has 3 heterocycles. The maximum atomic E-state index is 13.2. The van der Waals surface area contributed by atoms with E-state index in [1.54, 1.807) is 6.92 Å². The highest BCUT2D eigenvalue weighted by molar-refractivity contribution is 5.71. The van der Waals surface area contributed by atoms with Crippen LogP contribution in [0.1, 0.15) is 18.1 Å². The third kappa shape index (κ3) is 4.75. The Labute approximate surface area is 158 Å². The average Bonchev–Trinajstić information content (AvgIpc) is 2.61. The fourth-order valence-electron chi connectivity index (χ4n) is 3.13. The van der Waals surface area contributed by atoms with E-state index in [1.807, 2.05) is 4.90 Å². The highest BCUT2D eigenvalue weighted by Gasteiger charge is 2.35. The number of amides is 1. The lowest BCUT2D eigenvalue weighted by Crippen LogP contribution is -2.54. The number of pyridine rings is 2. The number of nitrogens with zero attached hydrogens (tertiary/aromatic N) is 4. The van der Waals surface area contributed by atoms with Gasteiger partial charge in [-0.15, -0.1) is 0 Å². The van der Waals surface area contributed by atoms with Crippen LogP contribution in [0.3, 0.4) is 0 Å². The smallest absolute Gasteiger partial charge is 0.408 e. The first-order valence-corrected chi connectivity index (χ1v) is 8.55. The molecule has 2 aromatic heterocycles. The molecule has 0 radical (unpaired) electrons. The van der Waals surface area contributed by atoms with Gasteiger partial charge < -0.3 is 9.64 Å². The van der Waals surface area contributed by atoms with Gasteiger partial charge in [-0.2, -0.15) is 13.2 Å². The van der Waals surface area contributed by atoms with E-state index in [4.69, 9.17) is 4.74 Å². The zero-order chi connectivity index (χ0) is 20.3. The van der Waals surface area contributed by atoms with Crippen molar-refractivity contribution in [3.8, 4) is 5.75 Å². The number of hydrogen-bond acceptors (Lipinski definition) is 5. The first-order chi connectivity index (χ1) is 13.2. The van der Waals surface area contributed by atoms with Gasteiger partial charge in [0.25, 0.3) is 0 Å². The van der Waals surface area contributed by atoms with Crippen molar-refractivity contribution in [1.29, 1.82) is 0 Å². The number of hydrogen-bond donors (Lipinski definition) is 0. The van der Waals surface area contributed by atoms with Crippen molar-refractivity contribution in [3.05, 3.63) is 53.9 Å². The maximum Gasteiger partial charge on any atom is 0.416 e.